The summed E-state index contributed by atoms with van der Waals surface area (Å²) < 4.78 is 29.6. The van der Waals surface area contributed by atoms with Crippen LogP contribution in [0.25, 0.3) is 0 Å². The standard InChI is InChI=1S/C10H14O3S/c1-9(7-8-14(11,12)13)10-5-3-2-4-6-10/h2-6,9H,7-8H2,1H3,(H,11,12,13). The molecular formula is C10H14O3S. The molecule has 0 radical (unpaired) electrons. The average molecular weight is 214 g/mol. The Labute approximate surface area is 84.5 Å². The third-order valence-electron chi connectivity index (χ3n) is 2.18. The van der Waals surface area contributed by atoms with Crippen LogP contribution in [0.2, 0.25) is 0 Å². The van der Waals surface area contributed by atoms with Crippen molar-refractivity contribution in [3.8, 4) is 0 Å². The van der Waals surface area contributed by atoms with Crippen LogP contribution in [0.15, 0.2) is 30.3 Å². The second-order valence-corrected chi connectivity index (χ2v) is 4.96. The van der Waals surface area contributed by atoms with Crippen LogP contribution in [0, 0.1) is 0 Å². The molecule has 4 heteroatoms. The highest BCUT2D eigenvalue weighted by atomic mass is 32.2. The lowest BCUT2D eigenvalue weighted by atomic mass is 9.99. The topological polar surface area (TPSA) is 54.4 Å². The summed E-state index contributed by atoms with van der Waals surface area (Å²) in [6.07, 6.45) is 0.447. The first kappa shape index (κ1) is 11.2. The normalized spacial score (nSPS) is 13.9. The number of rotatable bonds is 4. The van der Waals surface area contributed by atoms with Crippen LogP contribution >= 0.6 is 0 Å². The van der Waals surface area contributed by atoms with Crippen molar-refractivity contribution < 1.29 is 13.0 Å². The van der Waals surface area contributed by atoms with Crippen molar-refractivity contribution in [3.63, 3.8) is 0 Å². The number of benzene rings is 1. The van der Waals surface area contributed by atoms with E-state index in [9.17, 15) is 8.42 Å². The molecular weight excluding hydrogens is 200 g/mol. The second-order valence-electron chi connectivity index (χ2n) is 3.39. The van der Waals surface area contributed by atoms with Crippen LogP contribution in [0.5, 0.6) is 0 Å². The van der Waals surface area contributed by atoms with Crippen LogP contribution in [0.3, 0.4) is 0 Å². The highest BCUT2D eigenvalue weighted by Gasteiger charge is 2.10. The number of hydrogen-bond acceptors (Lipinski definition) is 2. The molecule has 1 aromatic rings. The average Bonchev–Trinajstić information content (AvgIpc) is 2.14. The molecule has 0 amide bonds. The molecule has 78 valence electrons. The molecule has 1 unspecified atom stereocenters. The minimum Gasteiger partial charge on any atom is -0.286 e. The largest absolute Gasteiger partial charge is 0.286 e. The van der Waals surface area contributed by atoms with Crippen molar-refractivity contribution in [2.45, 2.75) is 19.3 Å². The summed E-state index contributed by atoms with van der Waals surface area (Å²) in [4.78, 5) is 0. The van der Waals surface area contributed by atoms with E-state index in [2.05, 4.69) is 0 Å². The van der Waals surface area contributed by atoms with Gasteiger partial charge >= 0.3 is 0 Å². The molecule has 0 bridgehead atoms. The summed E-state index contributed by atoms with van der Waals surface area (Å²) in [6.45, 7) is 1.94. The highest BCUT2D eigenvalue weighted by Crippen LogP contribution is 2.18. The maximum atomic E-state index is 10.5. The van der Waals surface area contributed by atoms with E-state index in [1.807, 2.05) is 37.3 Å². The fourth-order valence-electron chi connectivity index (χ4n) is 1.27. The predicted octanol–water partition coefficient (Wildman–Crippen LogP) is 2.07. The Morgan fingerprint density at radius 3 is 2.36 bits per heavy atom. The van der Waals surface area contributed by atoms with Crippen LogP contribution in [-0.2, 0) is 10.1 Å². The molecule has 0 aromatic heterocycles. The maximum absolute atomic E-state index is 10.5. The lowest BCUT2D eigenvalue weighted by Crippen LogP contribution is -2.07. The minimum absolute atomic E-state index is 0.151. The molecule has 0 heterocycles. The summed E-state index contributed by atoms with van der Waals surface area (Å²) >= 11 is 0. The molecule has 0 aliphatic carbocycles. The van der Waals surface area contributed by atoms with E-state index in [1.54, 1.807) is 0 Å². The van der Waals surface area contributed by atoms with Gasteiger partial charge in [0.2, 0.25) is 0 Å². The molecule has 0 aliphatic heterocycles. The quantitative estimate of drug-likeness (QED) is 0.780. The van der Waals surface area contributed by atoms with Gasteiger partial charge in [-0.1, -0.05) is 37.3 Å². The molecule has 0 fully saturated rings. The van der Waals surface area contributed by atoms with E-state index >= 15 is 0 Å². The fraction of sp³-hybridized carbons (Fsp3) is 0.400. The van der Waals surface area contributed by atoms with Gasteiger partial charge in [-0.2, -0.15) is 8.42 Å². The van der Waals surface area contributed by atoms with Crippen molar-refractivity contribution in [2.24, 2.45) is 0 Å². The van der Waals surface area contributed by atoms with Crippen molar-refractivity contribution in [1.29, 1.82) is 0 Å². The van der Waals surface area contributed by atoms with Gasteiger partial charge in [0.1, 0.15) is 0 Å². The van der Waals surface area contributed by atoms with Gasteiger partial charge in [-0.3, -0.25) is 4.55 Å². The van der Waals surface area contributed by atoms with Gasteiger partial charge in [0, 0.05) is 0 Å². The van der Waals surface area contributed by atoms with E-state index in [0.717, 1.165) is 5.56 Å². The summed E-state index contributed by atoms with van der Waals surface area (Å²) in [5, 5.41) is 0. The van der Waals surface area contributed by atoms with Crippen LogP contribution in [-0.4, -0.2) is 18.7 Å². The summed E-state index contributed by atoms with van der Waals surface area (Å²) in [5.41, 5.74) is 1.09. The van der Waals surface area contributed by atoms with Gasteiger partial charge in [-0.25, -0.2) is 0 Å². The van der Waals surface area contributed by atoms with E-state index < -0.39 is 10.1 Å². The fourth-order valence-corrected chi connectivity index (χ4v) is 1.93. The van der Waals surface area contributed by atoms with E-state index in [-0.39, 0.29) is 11.7 Å². The molecule has 0 saturated carbocycles. The van der Waals surface area contributed by atoms with E-state index in [4.69, 9.17) is 4.55 Å². The lowest BCUT2D eigenvalue weighted by molar-refractivity contribution is 0.478. The zero-order chi connectivity index (χ0) is 10.6. The SMILES string of the molecule is CC(CCS(=O)(=O)O)c1ccccc1. The maximum Gasteiger partial charge on any atom is 0.264 e. The molecule has 1 N–H and O–H groups in total. The molecule has 0 spiro atoms. The van der Waals surface area contributed by atoms with E-state index in [0.29, 0.717) is 6.42 Å². The summed E-state index contributed by atoms with van der Waals surface area (Å²) in [5.74, 6) is -0.0265. The molecule has 1 aromatic carbocycles. The Bertz CT molecular complexity index is 370. The monoisotopic (exact) mass is 214 g/mol. The zero-order valence-corrected chi connectivity index (χ0v) is 8.87. The molecule has 1 atom stereocenters. The van der Waals surface area contributed by atoms with Gasteiger partial charge in [-0.05, 0) is 17.9 Å². The Hall–Kier alpha value is -0.870. The molecule has 14 heavy (non-hydrogen) atoms. The van der Waals surface area contributed by atoms with Gasteiger partial charge < -0.3 is 0 Å². The third-order valence-corrected chi connectivity index (χ3v) is 2.93. The predicted molar refractivity (Wildman–Crippen MR) is 55.9 cm³/mol. The highest BCUT2D eigenvalue weighted by molar-refractivity contribution is 7.85. The molecule has 3 nitrogen and oxygen atoms in total. The van der Waals surface area contributed by atoms with E-state index in [1.165, 1.54) is 0 Å². The van der Waals surface area contributed by atoms with Gasteiger partial charge in [0.15, 0.2) is 0 Å². The Morgan fingerprint density at radius 1 is 1.29 bits per heavy atom. The smallest absolute Gasteiger partial charge is 0.264 e. The second kappa shape index (κ2) is 4.57. The van der Waals surface area contributed by atoms with Crippen molar-refractivity contribution in [1.82, 2.24) is 0 Å². The number of hydrogen-bond donors (Lipinski definition) is 1. The Morgan fingerprint density at radius 2 is 1.86 bits per heavy atom. The lowest BCUT2D eigenvalue weighted by Gasteiger charge is -2.09. The molecule has 0 saturated heterocycles. The van der Waals surface area contributed by atoms with Crippen LogP contribution in [0.1, 0.15) is 24.8 Å². The molecule has 0 aliphatic rings. The Balaban J connectivity index is 2.56. The summed E-state index contributed by atoms with van der Waals surface area (Å²) in [7, 11) is -3.83. The van der Waals surface area contributed by atoms with Crippen molar-refractivity contribution in [2.75, 3.05) is 5.75 Å². The van der Waals surface area contributed by atoms with Gasteiger partial charge in [-0.15, -0.1) is 0 Å². The van der Waals surface area contributed by atoms with Crippen LogP contribution in [0.4, 0.5) is 0 Å². The Kier molecular flexibility index (Phi) is 3.66. The first-order valence-corrected chi connectivity index (χ1v) is 6.10. The van der Waals surface area contributed by atoms with Crippen LogP contribution < -0.4 is 0 Å². The van der Waals surface area contributed by atoms with Gasteiger partial charge in [0.25, 0.3) is 10.1 Å². The minimum atomic E-state index is -3.83. The van der Waals surface area contributed by atoms with Gasteiger partial charge in [0.05, 0.1) is 5.75 Å². The van der Waals surface area contributed by atoms with Crippen molar-refractivity contribution in [3.05, 3.63) is 35.9 Å². The first-order valence-electron chi connectivity index (χ1n) is 4.49. The first-order chi connectivity index (χ1) is 6.49. The third kappa shape index (κ3) is 3.89. The van der Waals surface area contributed by atoms with Crippen molar-refractivity contribution >= 4 is 10.1 Å². The summed E-state index contributed by atoms with van der Waals surface area (Å²) in [6, 6.07) is 9.65. The zero-order valence-electron chi connectivity index (χ0n) is 8.05. The molecule has 1 rings (SSSR count).